The first-order valence-electron chi connectivity index (χ1n) is 25.4. The normalized spacial score (nSPS) is 17.0. The van der Waals surface area contributed by atoms with Gasteiger partial charge in [-0.05, 0) is 207 Å². The van der Waals surface area contributed by atoms with Gasteiger partial charge in [0.05, 0.1) is 0 Å². The maximum absolute atomic E-state index is 10.2. The molecule has 3 fully saturated rings. The third kappa shape index (κ3) is 12.7. The summed E-state index contributed by atoms with van der Waals surface area (Å²) in [6.45, 7) is 9.74. The Hall–Kier alpha value is -5.76. The van der Waals surface area contributed by atoms with Crippen LogP contribution in [0.2, 0.25) is 0 Å². The fourth-order valence-corrected chi connectivity index (χ4v) is 10.6. The zero-order valence-electron chi connectivity index (χ0n) is 40.4. The molecule has 2 saturated heterocycles. The minimum atomic E-state index is 0.155. The number of benzene rings is 6. The van der Waals surface area contributed by atoms with Crippen molar-refractivity contribution in [1.29, 1.82) is 0 Å². The van der Waals surface area contributed by atoms with E-state index in [1.54, 1.807) is 6.07 Å². The first kappa shape index (κ1) is 48.7. The van der Waals surface area contributed by atoms with Crippen LogP contribution in [0.3, 0.4) is 0 Å². The van der Waals surface area contributed by atoms with E-state index in [2.05, 4.69) is 145 Å². The van der Waals surface area contributed by atoms with Crippen LogP contribution in [0.4, 0.5) is 5.69 Å². The number of phenols is 1. The molecule has 0 unspecified atom stereocenters. The summed E-state index contributed by atoms with van der Waals surface area (Å²) in [5.41, 5.74) is 21.4. The standard InChI is InChI=1S/C31H38N2O.C31H35NO2/c1-23(2)33-20-18-25(19-21-33)24-10-12-27(13-11-24)31(28-14-16-29(32)17-15-28)30(9-6-22-34)26-7-4-3-5-8-26;33-21-5-10-30(25-6-2-1-3-7-25)31(27-8-4-9-29(34)22-27)26-13-11-23(12-14-26)24-17-19-32(20-18-24)28-15-16-28/h3-5,7-8,10-17,23,25,34H,6,9,18-22,32H2,1-2H3;1-4,6-9,11-14,22,24,28,33-34H,5,10,15-21H2/b2*31-30+. The van der Waals surface area contributed by atoms with Crippen LogP contribution in [0, 0.1) is 0 Å². The van der Waals surface area contributed by atoms with E-state index in [4.69, 9.17) is 5.73 Å². The molecule has 6 heteroatoms. The number of nitrogen functional groups attached to an aromatic ring is 1. The first-order chi connectivity index (χ1) is 33.3. The molecule has 5 N–H and O–H groups in total. The van der Waals surface area contributed by atoms with Crippen molar-refractivity contribution in [1.82, 2.24) is 9.80 Å². The SMILES string of the molecule is CC(C)N1CCC(c2ccc(/C(=C(/CCCO)c3ccccc3)c3ccc(N)cc3)cc2)CC1.OCCC/C(=C(/c1ccc(C2CCN(C3CC3)CC2)cc1)c1cccc(O)c1)c1ccccc1. The van der Waals surface area contributed by atoms with Gasteiger partial charge in [-0.1, -0.05) is 133 Å². The zero-order chi connectivity index (χ0) is 47.2. The minimum Gasteiger partial charge on any atom is -0.508 e. The van der Waals surface area contributed by atoms with Gasteiger partial charge in [0.25, 0.3) is 0 Å². The maximum Gasteiger partial charge on any atom is 0.116 e. The average molecular weight is 908 g/mol. The maximum atomic E-state index is 10.2. The second-order valence-corrected chi connectivity index (χ2v) is 19.5. The fourth-order valence-electron chi connectivity index (χ4n) is 10.6. The molecule has 2 aliphatic heterocycles. The first-order valence-corrected chi connectivity index (χ1v) is 25.4. The van der Waals surface area contributed by atoms with Crippen LogP contribution in [0.25, 0.3) is 22.3 Å². The number of phenolic OH excluding ortho intramolecular Hbond substituents is 1. The molecule has 0 spiro atoms. The van der Waals surface area contributed by atoms with Gasteiger partial charge in [-0.3, -0.25) is 0 Å². The van der Waals surface area contributed by atoms with E-state index >= 15 is 0 Å². The fraction of sp³-hybridized carbons (Fsp3) is 0.355. The van der Waals surface area contributed by atoms with E-state index < -0.39 is 0 Å². The van der Waals surface area contributed by atoms with Gasteiger partial charge in [-0.2, -0.15) is 0 Å². The molecule has 1 saturated carbocycles. The molecule has 9 rings (SSSR count). The van der Waals surface area contributed by atoms with Gasteiger partial charge in [-0.15, -0.1) is 0 Å². The van der Waals surface area contributed by atoms with Crippen LogP contribution in [0.1, 0.15) is 134 Å². The molecule has 0 radical (unpaired) electrons. The molecule has 354 valence electrons. The number of piperidine rings is 2. The van der Waals surface area contributed by atoms with Crippen LogP contribution in [-0.4, -0.2) is 76.6 Å². The predicted molar refractivity (Wildman–Crippen MR) is 284 cm³/mol. The highest BCUT2D eigenvalue weighted by atomic mass is 16.3. The van der Waals surface area contributed by atoms with Crippen LogP contribution in [0.15, 0.2) is 158 Å². The lowest BCUT2D eigenvalue weighted by atomic mass is 9.85. The summed E-state index contributed by atoms with van der Waals surface area (Å²) in [4.78, 5) is 5.26. The molecular formula is C62H73N3O3. The smallest absolute Gasteiger partial charge is 0.116 e. The number of hydrogen-bond donors (Lipinski definition) is 4. The molecule has 6 nitrogen and oxygen atoms in total. The lowest BCUT2D eigenvalue weighted by Gasteiger charge is -2.34. The summed E-state index contributed by atoms with van der Waals surface area (Å²) in [5.74, 6) is 1.54. The summed E-state index contributed by atoms with van der Waals surface area (Å²) >= 11 is 0. The largest absolute Gasteiger partial charge is 0.508 e. The lowest BCUT2D eigenvalue weighted by molar-refractivity contribution is 0.172. The molecule has 0 aromatic heterocycles. The molecule has 6 aromatic carbocycles. The van der Waals surface area contributed by atoms with Crippen molar-refractivity contribution < 1.29 is 15.3 Å². The Balaban J connectivity index is 0.000000184. The molecule has 0 bridgehead atoms. The molecule has 6 aromatic rings. The quantitative estimate of drug-likeness (QED) is 0.0571. The molecule has 68 heavy (non-hydrogen) atoms. The summed E-state index contributed by atoms with van der Waals surface area (Å²) < 4.78 is 0. The van der Waals surface area contributed by atoms with E-state index in [-0.39, 0.29) is 19.0 Å². The monoisotopic (exact) mass is 908 g/mol. The summed E-state index contributed by atoms with van der Waals surface area (Å²) in [5, 5.41) is 29.5. The van der Waals surface area contributed by atoms with Crippen LogP contribution >= 0.6 is 0 Å². The van der Waals surface area contributed by atoms with Gasteiger partial charge >= 0.3 is 0 Å². The lowest BCUT2D eigenvalue weighted by Crippen LogP contribution is -2.37. The summed E-state index contributed by atoms with van der Waals surface area (Å²) in [7, 11) is 0. The van der Waals surface area contributed by atoms with Crippen molar-refractivity contribution in [2.24, 2.45) is 0 Å². The van der Waals surface area contributed by atoms with Gasteiger partial charge in [0.1, 0.15) is 5.75 Å². The number of likely N-dealkylation sites (tertiary alicyclic amines) is 2. The van der Waals surface area contributed by atoms with Crippen molar-refractivity contribution in [3.63, 3.8) is 0 Å². The van der Waals surface area contributed by atoms with Crippen molar-refractivity contribution in [3.8, 4) is 5.75 Å². The Bertz CT molecular complexity index is 2530. The number of aliphatic hydroxyl groups excluding tert-OH is 2. The number of aliphatic hydroxyl groups is 2. The number of hydrogen-bond acceptors (Lipinski definition) is 6. The van der Waals surface area contributed by atoms with Crippen molar-refractivity contribution in [2.75, 3.05) is 45.1 Å². The highest BCUT2D eigenvalue weighted by Crippen LogP contribution is 2.40. The second-order valence-electron chi connectivity index (χ2n) is 19.5. The van der Waals surface area contributed by atoms with Gasteiger partial charge in [0.2, 0.25) is 0 Å². The number of nitrogens with zero attached hydrogens (tertiary/aromatic N) is 2. The number of aromatic hydroxyl groups is 1. The highest BCUT2D eigenvalue weighted by molar-refractivity contribution is 6.00. The van der Waals surface area contributed by atoms with Crippen LogP contribution < -0.4 is 5.73 Å². The van der Waals surface area contributed by atoms with Gasteiger partial charge in [0, 0.05) is 31.0 Å². The van der Waals surface area contributed by atoms with E-state index in [9.17, 15) is 15.3 Å². The number of nitrogens with two attached hydrogens (primary N) is 1. The molecule has 0 atom stereocenters. The Morgan fingerprint density at radius 1 is 0.500 bits per heavy atom. The zero-order valence-corrected chi connectivity index (χ0v) is 40.4. The summed E-state index contributed by atoms with van der Waals surface area (Å²) in [6, 6.07) is 56.6. The Kier molecular flexibility index (Phi) is 17.2. The molecule has 3 aliphatic rings. The predicted octanol–water partition coefficient (Wildman–Crippen LogP) is 13.1. The van der Waals surface area contributed by atoms with Crippen molar-refractivity contribution >= 4 is 28.0 Å². The summed E-state index contributed by atoms with van der Waals surface area (Å²) in [6.07, 6.45) is 10.7. The number of allylic oxidation sites excluding steroid dienone is 2. The Morgan fingerprint density at radius 3 is 1.35 bits per heavy atom. The molecular weight excluding hydrogens is 835 g/mol. The van der Waals surface area contributed by atoms with E-state index in [0.717, 1.165) is 58.8 Å². The third-order valence-corrected chi connectivity index (χ3v) is 14.5. The van der Waals surface area contributed by atoms with Crippen molar-refractivity contribution in [3.05, 3.63) is 202 Å². The molecule has 0 amide bonds. The van der Waals surface area contributed by atoms with E-state index in [1.807, 2.05) is 30.3 Å². The Labute approximate surface area is 406 Å². The van der Waals surface area contributed by atoms with Gasteiger partial charge in [-0.25, -0.2) is 0 Å². The average Bonchev–Trinajstić information content (AvgIpc) is 4.24. The van der Waals surface area contributed by atoms with Crippen LogP contribution in [-0.2, 0) is 0 Å². The number of anilines is 1. The van der Waals surface area contributed by atoms with Crippen LogP contribution in [0.5, 0.6) is 5.75 Å². The molecule has 2 heterocycles. The number of rotatable bonds is 16. The van der Waals surface area contributed by atoms with Gasteiger partial charge in [0.15, 0.2) is 0 Å². The van der Waals surface area contributed by atoms with E-state index in [0.29, 0.717) is 24.3 Å². The minimum absolute atomic E-state index is 0.155. The topological polar surface area (TPSA) is 93.2 Å². The molecule has 1 aliphatic carbocycles. The third-order valence-electron chi connectivity index (χ3n) is 14.5. The highest BCUT2D eigenvalue weighted by Gasteiger charge is 2.32. The Morgan fingerprint density at radius 2 is 0.926 bits per heavy atom. The van der Waals surface area contributed by atoms with E-state index in [1.165, 1.54) is 104 Å². The van der Waals surface area contributed by atoms with Gasteiger partial charge < -0.3 is 30.9 Å². The second kappa shape index (κ2) is 24.0. The van der Waals surface area contributed by atoms with Crippen molar-refractivity contribution in [2.45, 2.75) is 102 Å².